The van der Waals surface area contributed by atoms with Gasteiger partial charge in [0.05, 0.1) is 20.1 Å². The topological polar surface area (TPSA) is 60.2 Å². The van der Waals surface area contributed by atoms with Gasteiger partial charge in [0.2, 0.25) is 0 Å². The fraction of sp³-hybridized carbons (Fsp3) is 0.0909. The van der Waals surface area contributed by atoms with Gasteiger partial charge in [-0.2, -0.15) is 0 Å². The zero-order chi connectivity index (χ0) is 13.3. The summed E-state index contributed by atoms with van der Waals surface area (Å²) >= 11 is 7.97. The summed E-state index contributed by atoms with van der Waals surface area (Å²) in [5, 5.41) is 0. The van der Waals surface area contributed by atoms with Crippen LogP contribution in [0.4, 0.5) is 5.69 Å². The summed E-state index contributed by atoms with van der Waals surface area (Å²) in [6.45, 7) is 0. The summed E-state index contributed by atoms with van der Waals surface area (Å²) in [4.78, 5) is 0.947. The van der Waals surface area contributed by atoms with Crippen molar-refractivity contribution in [2.24, 2.45) is 0 Å². The van der Waals surface area contributed by atoms with Crippen molar-refractivity contribution >= 4 is 58.7 Å². The molecule has 0 spiro atoms. The van der Waals surface area contributed by atoms with Crippen LogP contribution in [0.2, 0.25) is 0 Å². The number of anilines is 1. The molecule has 18 heavy (non-hydrogen) atoms. The lowest BCUT2D eigenvalue weighted by molar-refractivity contribution is 0.596. The van der Waals surface area contributed by atoms with E-state index in [1.165, 1.54) is 17.4 Å². The molecular weight excluding hydrogens is 402 g/mol. The van der Waals surface area contributed by atoms with Crippen molar-refractivity contribution in [3.05, 3.63) is 43.5 Å². The minimum Gasteiger partial charge on any atom is -0.398 e. The maximum Gasteiger partial charge on any atom is 0.185 e. The van der Waals surface area contributed by atoms with Crippen molar-refractivity contribution in [1.82, 2.24) is 0 Å². The molecule has 0 bridgehead atoms. The summed E-state index contributed by atoms with van der Waals surface area (Å²) in [5.74, 6) is -0.0378. The van der Waals surface area contributed by atoms with Gasteiger partial charge in [-0.15, -0.1) is 11.3 Å². The van der Waals surface area contributed by atoms with E-state index in [1.807, 2.05) is 6.07 Å². The Morgan fingerprint density at radius 3 is 2.50 bits per heavy atom. The van der Waals surface area contributed by atoms with Crippen LogP contribution in [0.15, 0.2) is 43.5 Å². The highest BCUT2D eigenvalue weighted by molar-refractivity contribution is 9.11. The van der Waals surface area contributed by atoms with Crippen molar-refractivity contribution in [2.75, 3.05) is 5.73 Å². The monoisotopic (exact) mass is 409 g/mol. The number of thiophene rings is 1. The number of sulfone groups is 1. The Labute approximate surface area is 126 Å². The average Bonchev–Trinajstić information content (AvgIpc) is 2.66. The third-order valence-corrected chi connectivity index (χ3v) is 6.29. The SMILES string of the molecule is Nc1ccc(Br)cc1S(=O)(=O)Cc1ccc(Br)s1. The Morgan fingerprint density at radius 1 is 1.17 bits per heavy atom. The molecule has 2 N–H and O–H groups in total. The molecular formula is C11H9Br2NO2S2. The van der Waals surface area contributed by atoms with Crippen LogP contribution in [-0.4, -0.2) is 8.42 Å². The van der Waals surface area contributed by atoms with Gasteiger partial charge in [-0.3, -0.25) is 0 Å². The van der Waals surface area contributed by atoms with Crippen LogP contribution in [0.1, 0.15) is 4.88 Å². The molecule has 0 fully saturated rings. The molecule has 1 aromatic heterocycles. The molecule has 0 amide bonds. The Bertz CT molecular complexity index is 680. The van der Waals surface area contributed by atoms with Crippen LogP contribution in [0.5, 0.6) is 0 Å². The highest BCUT2D eigenvalue weighted by Gasteiger charge is 2.19. The van der Waals surface area contributed by atoms with Gasteiger partial charge in [-0.1, -0.05) is 15.9 Å². The summed E-state index contributed by atoms with van der Waals surface area (Å²) in [6, 6.07) is 8.46. The van der Waals surface area contributed by atoms with Gasteiger partial charge in [-0.05, 0) is 46.3 Å². The number of benzene rings is 1. The van der Waals surface area contributed by atoms with Crippen LogP contribution >= 0.6 is 43.2 Å². The molecule has 0 saturated heterocycles. The molecule has 0 unspecified atom stereocenters. The van der Waals surface area contributed by atoms with E-state index in [2.05, 4.69) is 31.9 Å². The molecule has 0 saturated carbocycles. The maximum atomic E-state index is 12.3. The number of nitrogen functional groups attached to an aromatic ring is 1. The molecule has 1 aromatic carbocycles. The normalized spacial score (nSPS) is 11.7. The lowest BCUT2D eigenvalue weighted by atomic mass is 10.3. The first-order valence-corrected chi connectivity index (χ1v) is 8.96. The molecule has 96 valence electrons. The minimum absolute atomic E-state index is 0.0378. The highest BCUT2D eigenvalue weighted by Crippen LogP contribution is 2.29. The first-order valence-electron chi connectivity index (χ1n) is 4.90. The van der Waals surface area contributed by atoms with E-state index in [-0.39, 0.29) is 16.3 Å². The van der Waals surface area contributed by atoms with Crippen molar-refractivity contribution < 1.29 is 8.42 Å². The van der Waals surface area contributed by atoms with Crippen molar-refractivity contribution in [3.63, 3.8) is 0 Å². The summed E-state index contributed by atoms with van der Waals surface area (Å²) in [6.07, 6.45) is 0. The third kappa shape index (κ3) is 3.14. The molecule has 0 aliphatic carbocycles. The van der Waals surface area contributed by atoms with Gasteiger partial charge in [0.1, 0.15) is 0 Å². The van der Waals surface area contributed by atoms with Gasteiger partial charge in [-0.25, -0.2) is 8.42 Å². The lowest BCUT2D eigenvalue weighted by Gasteiger charge is -2.07. The molecule has 2 aromatic rings. The molecule has 1 heterocycles. The standard InChI is InChI=1S/C11H9Br2NO2S2/c12-7-1-3-9(14)10(5-7)18(15,16)6-8-2-4-11(13)17-8/h1-5H,6,14H2. The van der Waals surface area contributed by atoms with E-state index in [1.54, 1.807) is 18.2 Å². The Morgan fingerprint density at radius 2 is 1.89 bits per heavy atom. The largest absolute Gasteiger partial charge is 0.398 e. The fourth-order valence-electron chi connectivity index (χ4n) is 1.47. The second kappa shape index (κ2) is 5.32. The van der Waals surface area contributed by atoms with Crippen LogP contribution < -0.4 is 5.73 Å². The lowest BCUT2D eigenvalue weighted by Crippen LogP contribution is -2.07. The smallest absolute Gasteiger partial charge is 0.185 e. The Balaban J connectivity index is 2.39. The number of hydrogen-bond donors (Lipinski definition) is 1. The fourth-order valence-corrected chi connectivity index (χ4v) is 5.32. The molecule has 2 rings (SSSR count). The van der Waals surface area contributed by atoms with Gasteiger partial charge >= 0.3 is 0 Å². The molecule has 3 nitrogen and oxygen atoms in total. The molecule has 7 heteroatoms. The summed E-state index contributed by atoms with van der Waals surface area (Å²) in [5.41, 5.74) is 6.00. The number of nitrogens with two attached hydrogens (primary N) is 1. The predicted molar refractivity (Wildman–Crippen MR) is 81.5 cm³/mol. The van der Waals surface area contributed by atoms with Gasteiger partial charge < -0.3 is 5.73 Å². The maximum absolute atomic E-state index is 12.3. The van der Waals surface area contributed by atoms with E-state index in [4.69, 9.17) is 5.73 Å². The van der Waals surface area contributed by atoms with E-state index < -0.39 is 9.84 Å². The zero-order valence-electron chi connectivity index (χ0n) is 9.06. The molecule has 0 aliphatic heterocycles. The number of rotatable bonds is 3. The van der Waals surface area contributed by atoms with E-state index in [0.29, 0.717) is 4.47 Å². The van der Waals surface area contributed by atoms with E-state index in [9.17, 15) is 8.42 Å². The molecule has 0 atom stereocenters. The third-order valence-electron chi connectivity index (χ3n) is 2.27. The summed E-state index contributed by atoms with van der Waals surface area (Å²) < 4.78 is 26.2. The van der Waals surface area contributed by atoms with Crippen LogP contribution in [0.3, 0.4) is 0 Å². The molecule has 0 aliphatic rings. The Hall–Kier alpha value is -0.370. The first kappa shape index (κ1) is 14.0. The van der Waals surface area contributed by atoms with Crippen molar-refractivity contribution in [3.8, 4) is 0 Å². The van der Waals surface area contributed by atoms with Gasteiger partial charge in [0, 0.05) is 9.35 Å². The van der Waals surface area contributed by atoms with Gasteiger partial charge in [0.25, 0.3) is 0 Å². The number of hydrogen-bond acceptors (Lipinski definition) is 4. The number of halogens is 2. The second-order valence-corrected chi connectivity index (χ2v) is 9.07. The van der Waals surface area contributed by atoms with E-state index in [0.717, 1.165) is 8.66 Å². The zero-order valence-corrected chi connectivity index (χ0v) is 13.9. The highest BCUT2D eigenvalue weighted by atomic mass is 79.9. The predicted octanol–water partition coefficient (Wildman–Crippen LogP) is 3.83. The van der Waals surface area contributed by atoms with Gasteiger partial charge in [0.15, 0.2) is 9.84 Å². The van der Waals surface area contributed by atoms with Crippen molar-refractivity contribution in [2.45, 2.75) is 10.6 Å². The van der Waals surface area contributed by atoms with Crippen LogP contribution in [-0.2, 0) is 15.6 Å². The average molecular weight is 411 g/mol. The van der Waals surface area contributed by atoms with E-state index >= 15 is 0 Å². The molecule has 0 radical (unpaired) electrons. The first-order chi connectivity index (χ1) is 8.38. The van der Waals surface area contributed by atoms with Crippen LogP contribution in [0, 0.1) is 0 Å². The minimum atomic E-state index is -3.42. The van der Waals surface area contributed by atoms with Crippen molar-refractivity contribution in [1.29, 1.82) is 0 Å². The summed E-state index contributed by atoms with van der Waals surface area (Å²) in [7, 11) is -3.42. The second-order valence-electron chi connectivity index (χ2n) is 3.65. The van der Waals surface area contributed by atoms with Crippen LogP contribution in [0.25, 0.3) is 0 Å². The Kier molecular flexibility index (Phi) is 4.15. The quantitative estimate of drug-likeness (QED) is 0.782.